The molecule has 0 saturated carbocycles. The molecule has 1 aliphatic heterocycles. The maximum Gasteiger partial charge on any atom is 0.0793 e. The van der Waals surface area contributed by atoms with Crippen molar-refractivity contribution >= 4 is 0 Å². The van der Waals surface area contributed by atoms with Crippen molar-refractivity contribution in [3.8, 4) is 0 Å². The van der Waals surface area contributed by atoms with Gasteiger partial charge in [0.25, 0.3) is 0 Å². The van der Waals surface area contributed by atoms with Gasteiger partial charge in [-0.2, -0.15) is 0 Å². The maximum absolute atomic E-state index is 10.1. The van der Waals surface area contributed by atoms with Crippen molar-refractivity contribution in [1.82, 2.24) is 9.80 Å². The Bertz CT molecular complexity index is 202. The molecule has 0 spiro atoms. The zero-order valence-corrected chi connectivity index (χ0v) is 12.0. The van der Waals surface area contributed by atoms with Crippen molar-refractivity contribution in [2.75, 3.05) is 33.2 Å². The van der Waals surface area contributed by atoms with Crippen molar-refractivity contribution in [1.29, 1.82) is 0 Å². The highest BCUT2D eigenvalue weighted by atomic mass is 16.3. The Hall–Kier alpha value is -0.120. The summed E-state index contributed by atoms with van der Waals surface area (Å²) in [6.45, 7) is 10.7. The minimum Gasteiger partial charge on any atom is -0.390 e. The maximum atomic E-state index is 10.1. The topological polar surface area (TPSA) is 26.7 Å². The lowest BCUT2D eigenvalue weighted by molar-refractivity contribution is 0.0744. The highest BCUT2D eigenvalue weighted by Crippen LogP contribution is 2.11. The van der Waals surface area contributed by atoms with Crippen LogP contribution in [0.4, 0.5) is 0 Å². The van der Waals surface area contributed by atoms with E-state index in [1.54, 1.807) is 0 Å². The van der Waals surface area contributed by atoms with Crippen LogP contribution in [0.5, 0.6) is 0 Å². The second-order valence-electron chi connectivity index (χ2n) is 6.08. The largest absolute Gasteiger partial charge is 0.390 e. The van der Waals surface area contributed by atoms with Gasteiger partial charge in [-0.3, -0.25) is 0 Å². The summed E-state index contributed by atoms with van der Waals surface area (Å²) in [4.78, 5) is 4.67. The zero-order chi connectivity index (χ0) is 12.8. The van der Waals surface area contributed by atoms with Crippen molar-refractivity contribution in [3.05, 3.63) is 0 Å². The first kappa shape index (κ1) is 14.9. The molecular weight excluding hydrogens is 212 g/mol. The monoisotopic (exact) mass is 242 g/mol. The molecule has 1 rings (SSSR count). The van der Waals surface area contributed by atoms with Crippen molar-refractivity contribution in [3.63, 3.8) is 0 Å². The highest BCUT2D eigenvalue weighted by molar-refractivity contribution is 4.74. The molecule has 0 aromatic rings. The molecule has 0 aromatic carbocycles. The van der Waals surface area contributed by atoms with E-state index >= 15 is 0 Å². The summed E-state index contributed by atoms with van der Waals surface area (Å²) < 4.78 is 0. The molecule has 0 bridgehead atoms. The number of likely N-dealkylation sites (N-methyl/N-ethyl adjacent to an activating group) is 1. The molecule has 1 N–H and O–H groups in total. The number of likely N-dealkylation sites (tertiary alicyclic amines) is 1. The smallest absolute Gasteiger partial charge is 0.0793 e. The number of hydrogen-bond acceptors (Lipinski definition) is 3. The number of hydrogen-bond donors (Lipinski definition) is 1. The van der Waals surface area contributed by atoms with Crippen molar-refractivity contribution < 1.29 is 5.11 Å². The van der Waals surface area contributed by atoms with Gasteiger partial charge in [-0.15, -0.1) is 0 Å². The summed E-state index contributed by atoms with van der Waals surface area (Å²) in [5, 5.41) is 10.1. The van der Waals surface area contributed by atoms with Gasteiger partial charge in [0.2, 0.25) is 0 Å². The van der Waals surface area contributed by atoms with E-state index in [1.165, 1.54) is 32.4 Å². The number of aliphatic hydroxyl groups excluding tert-OH is 1. The van der Waals surface area contributed by atoms with E-state index in [0.717, 1.165) is 19.0 Å². The molecule has 102 valence electrons. The third-order valence-electron chi connectivity index (χ3n) is 3.73. The molecule has 1 saturated heterocycles. The Morgan fingerprint density at radius 1 is 1.18 bits per heavy atom. The third kappa shape index (κ3) is 5.84. The fourth-order valence-corrected chi connectivity index (χ4v) is 2.70. The predicted octanol–water partition coefficient (Wildman–Crippen LogP) is 1.81. The molecule has 0 radical (unpaired) electrons. The summed E-state index contributed by atoms with van der Waals surface area (Å²) >= 11 is 0. The third-order valence-corrected chi connectivity index (χ3v) is 3.73. The van der Waals surface area contributed by atoms with Crippen LogP contribution in [0.2, 0.25) is 0 Å². The number of β-amino-alcohol motifs (C(OH)–C–C–N with tert-alkyl or cyclic N) is 1. The summed E-state index contributed by atoms with van der Waals surface area (Å²) in [6, 6.07) is 0.559. The van der Waals surface area contributed by atoms with Gasteiger partial charge in [-0.1, -0.05) is 13.8 Å². The Kier molecular flexibility index (Phi) is 6.45. The van der Waals surface area contributed by atoms with Crippen molar-refractivity contribution in [2.45, 2.75) is 52.2 Å². The fourth-order valence-electron chi connectivity index (χ4n) is 2.70. The zero-order valence-electron chi connectivity index (χ0n) is 12.0. The molecule has 3 heteroatoms. The second kappa shape index (κ2) is 7.34. The first-order valence-corrected chi connectivity index (χ1v) is 7.09. The minimum atomic E-state index is -0.201. The van der Waals surface area contributed by atoms with E-state index < -0.39 is 0 Å². The first-order valence-electron chi connectivity index (χ1n) is 7.09. The molecule has 3 nitrogen and oxygen atoms in total. The predicted molar refractivity (Wildman–Crippen MR) is 73.2 cm³/mol. The van der Waals surface area contributed by atoms with Crippen LogP contribution in [0.1, 0.15) is 40.0 Å². The second-order valence-corrected chi connectivity index (χ2v) is 6.08. The average molecular weight is 242 g/mol. The van der Waals surface area contributed by atoms with E-state index in [2.05, 4.69) is 37.6 Å². The quantitative estimate of drug-likeness (QED) is 0.737. The molecule has 1 fully saturated rings. The highest BCUT2D eigenvalue weighted by Gasteiger charge is 2.19. The van der Waals surface area contributed by atoms with Crippen LogP contribution < -0.4 is 0 Å². The lowest BCUT2D eigenvalue weighted by Crippen LogP contribution is -2.41. The van der Waals surface area contributed by atoms with Crippen LogP contribution in [-0.4, -0.2) is 60.3 Å². The van der Waals surface area contributed by atoms with Gasteiger partial charge in [-0.05, 0) is 52.2 Å². The molecule has 0 amide bonds. The molecule has 1 heterocycles. The summed E-state index contributed by atoms with van der Waals surface area (Å²) in [7, 11) is 2.13. The van der Waals surface area contributed by atoms with E-state index in [-0.39, 0.29) is 6.10 Å². The van der Waals surface area contributed by atoms with Crippen LogP contribution in [0.15, 0.2) is 0 Å². The molecule has 0 aromatic heterocycles. The Morgan fingerprint density at radius 3 is 2.29 bits per heavy atom. The van der Waals surface area contributed by atoms with Gasteiger partial charge in [0, 0.05) is 19.1 Å². The average Bonchev–Trinajstić information content (AvgIpc) is 2.68. The van der Waals surface area contributed by atoms with Crippen molar-refractivity contribution in [2.24, 2.45) is 5.92 Å². The molecular formula is C14H30N2O. The Labute approximate surface area is 107 Å². The number of aliphatic hydroxyl groups is 1. The van der Waals surface area contributed by atoms with Crippen LogP contribution in [0.3, 0.4) is 0 Å². The Balaban J connectivity index is 2.21. The van der Waals surface area contributed by atoms with E-state index in [9.17, 15) is 5.11 Å². The minimum absolute atomic E-state index is 0.201. The first-order chi connectivity index (χ1) is 7.99. The molecule has 2 unspecified atom stereocenters. The lowest BCUT2D eigenvalue weighted by Gasteiger charge is -2.29. The molecule has 2 atom stereocenters. The number of rotatable bonds is 7. The van der Waals surface area contributed by atoms with Crippen LogP contribution >= 0.6 is 0 Å². The SMILES string of the molecule is CC(C)CC(C)N(C)CC(O)CN1CCCC1. The summed E-state index contributed by atoms with van der Waals surface area (Å²) in [6.07, 6.45) is 3.60. The van der Waals surface area contributed by atoms with Crippen LogP contribution in [0, 0.1) is 5.92 Å². The molecule has 1 aliphatic rings. The van der Waals surface area contributed by atoms with Crippen LogP contribution in [0.25, 0.3) is 0 Å². The molecule has 17 heavy (non-hydrogen) atoms. The summed E-state index contributed by atoms with van der Waals surface area (Å²) in [5.41, 5.74) is 0. The normalized spacial score (nSPS) is 21.4. The van der Waals surface area contributed by atoms with Gasteiger partial charge >= 0.3 is 0 Å². The van der Waals surface area contributed by atoms with E-state index in [4.69, 9.17) is 0 Å². The van der Waals surface area contributed by atoms with Gasteiger partial charge in [0.05, 0.1) is 6.10 Å². The van der Waals surface area contributed by atoms with E-state index in [1.807, 2.05) is 0 Å². The van der Waals surface area contributed by atoms with Gasteiger partial charge in [0.1, 0.15) is 0 Å². The van der Waals surface area contributed by atoms with Gasteiger partial charge in [0.15, 0.2) is 0 Å². The number of nitrogens with zero attached hydrogens (tertiary/aromatic N) is 2. The summed E-state index contributed by atoms with van der Waals surface area (Å²) in [5.74, 6) is 0.725. The molecule has 0 aliphatic carbocycles. The Morgan fingerprint density at radius 2 is 1.76 bits per heavy atom. The fraction of sp³-hybridized carbons (Fsp3) is 1.00. The van der Waals surface area contributed by atoms with Gasteiger partial charge < -0.3 is 14.9 Å². The van der Waals surface area contributed by atoms with Crippen LogP contribution in [-0.2, 0) is 0 Å². The van der Waals surface area contributed by atoms with E-state index in [0.29, 0.717) is 6.04 Å². The lowest BCUT2D eigenvalue weighted by atomic mass is 10.0. The standard InChI is InChI=1S/C14H30N2O/c1-12(2)9-13(3)15(4)10-14(17)11-16-7-5-6-8-16/h12-14,17H,5-11H2,1-4H3. The van der Waals surface area contributed by atoms with Gasteiger partial charge in [-0.25, -0.2) is 0 Å².